The lowest BCUT2D eigenvalue weighted by molar-refractivity contribution is 0.199. The molecule has 0 fully saturated rings. The number of benzene rings is 1. The molecule has 0 spiro atoms. The lowest BCUT2D eigenvalue weighted by atomic mass is 10.2. The van der Waals surface area contributed by atoms with Crippen LogP contribution in [0.5, 0.6) is 0 Å². The molecule has 0 bridgehead atoms. The zero-order valence-electron chi connectivity index (χ0n) is 10.1. The van der Waals surface area contributed by atoms with Crippen LogP contribution in [0, 0.1) is 5.82 Å². The smallest absolute Gasteiger partial charge is 0.123 e. The number of hydrogen-bond donors (Lipinski definition) is 1. The number of nitrogens with one attached hydrogen (secondary N) is 1. The second kappa shape index (κ2) is 6.58. The molecule has 5 heteroatoms. The molecule has 0 aliphatic rings. The molecule has 0 saturated heterocycles. The summed E-state index contributed by atoms with van der Waals surface area (Å²) < 4.78 is 18.0. The molecular weight excluding hydrogens is 251 g/mol. The highest BCUT2D eigenvalue weighted by Crippen LogP contribution is 2.22. The highest BCUT2D eigenvalue weighted by atomic mass is 32.1. The minimum absolute atomic E-state index is 0.236. The van der Waals surface area contributed by atoms with Crippen LogP contribution in [0.4, 0.5) is 4.39 Å². The molecular formula is C13H15FN2OS. The SMILES string of the molecule is COCCNCc1nc(-c2cccc(F)c2)cs1. The Morgan fingerprint density at radius 1 is 1.44 bits per heavy atom. The number of rotatable bonds is 6. The Morgan fingerprint density at radius 3 is 3.11 bits per heavy atom. The minimum atomic E-state index is -0.236. The van der Waals surface area contributed by atoms with Crippen LogP contribution in [-0.4, -0.2) is 25.2 Å². The quantitative estimate of drug-likeness (QED) is 0.816. The van der Waals surface area contributed by atoms with Crippen molar-refractivity contribution < 1.29 is 9.13 Å². The van der Waals surface area contributed by atoms with Crippen molar-refractivity contribution in [2.45, 2.75) is 6.54 Å². The highest BCUT2D eigenvalue weighted by Gasteiger charge is 2.05. The number of ether oxygens (including phenoxy) is 1. The number of halogens is 1. The molecule has 0 aliphatic carbocycles. The van der Waals surface area contributed by atoms with E-state index in [-0.39, 0.29) is 5.82 Å². The summed E-state index contributed by atoms with van der Waals surface area (Å²) in [4.78, 5) is 4.47. The highest BCUT2D eigenvalue weighted by molar-refractivity contribution is 7.09. The van der Waals surface area contributed by atoms with Crippen molar-refractivity contribution in [1.29, 1.82) is 0 Å². The van der Waals surface area contributed by atoms with Gasteiger partial charge >= 0.3 is 0 Å². The van der Waals surface area contributed by atoms with Crippen LogP contribution < -0.4 is 5.32 Å². The first-order chi connectivity index (χ1) is 8.79. The molecule has 0 saturated carbocycles. The van der Waals surface area contributed by atoms with E-state index in [1.54, 1.807) is 24.5 Å². The second-order valence-corrected chi connectivity index (χ2v) is 4.75. The average Bonchev–Trinajstić information content (AvgIpc) is 2.83. The summed E-state index contributed by atoms with van der Waals surface area (Å²) in [5.41, 5.74) is 1.64. The summed E-state index contributed by atoms with van der Waals surface area (Å²) in [7, 11) is 1.67. The first-order valence-corrected chi connectivity index (χ1v) is 6.57. The third-order valence-electron chi connectivity index (χ3n) is 2.43. The normalized spacial score (nSPS) is 10.8. The van der Waals surface area contributed by atoms with E-state index in [4.69, 9.17) is 4.74 Å². The maximum absolute atomic E-state index is 13.1. The van der Waals surface area contributed by atoms with Gasteiger partial charge < -0.3 is 10.1 Å². The summed E-state index contributed by atoms with van der Waals surface area (Å²) in [6.45, 7) is 2.19. The molecule has 96 valence electrons. The van der Waals surface area contributed by atoms with E-state index in [0.717, 1.165) is 22.8 Å². The maximum atomic E-state index is 13.1. The summed E-state index contributed by atoms with van der Waals surface area (Å²) in [5, 5.41) is 6.17. The zero-order chi connectivity index (χ0) is 12.8. The van der Waals surface area contributed by atoms with Gasteiger partial charge in [-0.1, -0.05) is 12.1 Å². The molecule has 2 rings (SSSR count). The first kappa shape index (κ1) is 13.1. The molecule has 1 aromatic heterocycles. The van der Waals surface area contributed by atoms with Gasteiger partial charge in [0.15, 0.2) is 0 Å². The van der Waals surface area contributed by atoms with Crippen LogP contribution >= 0.6 is 11.3 Å². The van der Waals surface area contributed by atoms with Gasteiger partial charge in [0.2, 0.25) is 0 Å². The maximum Gasteiger partial charge on any atom is 0.123 e. The number of nitrogens with zero attached hydrogens (tertiary/aromatic N) is 1. The molecule has 3 nitrogen and oxygen atoms in total. The number of hydrogen-bond acceptors (Lipinski definition) is 4. The van der Waals surface area contributed by atoms with Crippen molar-refractivity contribution in [3.05, 3.63) is 40.5 Å². The third kappa shape index (κ3) is 3.60. The first-order valence-electron chi connectivity index (χ1n) is 5.69. The fourth-order valence-electron chi connectivity index (χ4n) is 1.54. The largest absolute Gasteiger partial charge is 0.383 e. The van der Waals surface area contributed by atoms with Gasteiger partial charge in [-0.25, -0.2) is 9.37 Å². The topological polar surface area (TPSA) is 34.1 Å². The average molecular weight is 266 g/mol. The van der Waals surface area contributed by atoms with E-state index < -0.39 is 0 Å². The molecule has 1 N–H and O–H groups in total. The Hall–Kier alpha value is -1.30. The van der Waals surface area contributed by atoms with Crippen LogP contribution in [0.2, 0.25) is 0 Å². The number of thiazole rings is 1. The Bertz CT molecular complexity index is 501. The fourth-order valence-corrected chi connectivity index (χ4v) is 2.31. The molecule has 2 aromatic rings. The monoisotopic (exact) mass is 266 g/mol. The van der Waals surface area contributed by atoms with Crippen molar-refractivity contribution in [2.24, 2.45) is 0 Å². The summed E-state index contributed by atoms with van der Waals surface area (Å²) in [6, 6.07) is 6.49. The van der Waals surface area contributed by atoms with E-state index in [0.29, 0.717) is 13.2 Å². The van der Waals surface area contributed by atoms with Crippen molar-refractivity contribution in [3.8, 4) is 11.3 Å². The van der Waals surface area contributed by atoms with Crippen LogP contribution in [-0.2, 0) is 11.3 Å². The second-order valence-electron chi connectivity index (χ2n) is 3.81. The molecule has 0 unspecified atom stereocenters. The summed E-state index contributed by atoms with van der Waals surface area (Å²) in [5.74, 6) is -0.236. The standard InChI is InChI=1S/C13H15FN2OS/c1-17-6-5-15-8-13-16-12(9-18-13)10-3-2-4-11(14)7-10/h2-4,7,9,15H,5-6,8H2,1H3. The van der Waals surface area contributed by atoms with Gasteiger partial charge in [-0.2, -0.15) is 0 Å². The zero-order valence-corrected chi connectivity index (χ0v) is 11.0. The van der Waals surface area contributed by atoms with Crippen molar-refractivity contribution in [2.75, 3.05) is 20.3 Å². The van der Waals surface area contributed by atoms with Crippen molar-refractivity contribution in [1.82, 2.24) is 10.3 Å². The van der Waals surface area contributed by atoms with Gasteiger partial charge in [0.25, 0.3) is 0 Å². The number of aromatic nitrogens is 1. The van der Waals surface area contributed by atoms with Crippen LogP contribution in [0.1, 0.15) is 5.01 Å². The Kier molecular flexibility index (Phi) is 4.81. The molecule has 0 aliphatic heterocycles. The van der Waals surface area contributed by atoms with E-state index in [1.165, 1.54) is 12.1 Å². The Balaban J connectivity index is 1.97. The lowest BCUT2D eigenvalue weighted by Gasteiger charge is -2.00. The third-order valence-corrected chi connectivity index (χ3v) is 3.28. The molecule has 1 aromatic carbocycles. The van der Waals surface area contributed by atoms with E-state index in [9.17, 15) is 4.39 Å². The van der Waals surface area contributed by atoms with Crippen LogP contribution in [0.15, 0.2) is 29.6 Å². The van der Waals surface area contributed by atoms with Gasteiger partial charge in [-0.05, 0) is 12.1 Å². The van der Waals surface area contributed by atoms with Gasteiger partial charge in [0.1, 0.15) is 10.8 Å². The van der Waals surface area contributed by atoms with Crippen molar-refractivity contribution in [3.63, 3.8) is 0 Å². The predicted octanol–water partition coefficient (Wildman–Crippen LogP) is 2.69. The van der Waals surface area contributed by atoms with Gasteiger partial charge in [-0.15, -0.1) is 11.3 Å². The van der Waals surface area contributed by atoms with E-state index >= 15 is 0 Å². The van der Waals surface area contributed by atoms with E-state index in [2.05, 4.69) is 10.3 Å². The van der Waals surface area contributed by atoms with Gasteiger partial charge in [0, 0.05) is 31.1 Å². The predicted molar refractivity (Wildman–Crippen MR) is 71.1 cm³/mol. The summed E-state index contributed by atoms with van der Waals surface area (Å²) >= 11 is 1.57. The number of methoxy groups -OCH3 is 1. The van der Waals surface area contributed by atoms with Gasteiger partial charge in [0.05, 0.1) is 12.3 Å². The molecule has 0 radical (unpaired) electrons. The molecule has 0 amide bonds. The minimum Gasteiger partial charge on any atom is -0.383 e. The molecule has 0 atom stereocenters. The van der Waals surface area contributed by atoms with Crippen LogP contribution in [0.25, 0.3) is 11.3 Å². The fraction of sp³-hybridized carbons (Fsp3) is 0.308. The Labute approximate surface area is 110 Å². The Morgan fingerprint density at radius 2 is 2.33 bits per heavy atom. The lowest BCUT2D eigenvalue weighted by Crippen LogP contribution is -2.18. The molecule has 1 heterocycles. The van der Waals surface area contributed by atoms with Crippen LogP contribution in [0.3, 0.4) is 0 Å². The summed E-state index contributed by atoms with van der Waals surface area (Å²) in [6.07, 6.45) is 0. The molecule has 18 heavy (non-hydrogen) atoms. The van der Waals surface area contributed by atoms with Crippen molar-refractivity contribution >= 4 is 11.3 Å². The van der Waals surface area contributed by atoms with Gasteiger partial charge in [-0.3, -0.25) is 0 Å². The van der Waals surface area contributed by atoms with E-state index in [1.807, 2.05) is 11.4 Å².